The quantitative estimate of drug-likeness (QED) is 0.858. The maximum atomic E-state index is 12.3. The van der Waals surface area contributed by atoms with Gasteiger partial charge in [-0.3, -0.25) is 0 Å². The van der Waals surface area contributed by atoms with Crippen molar-refractivity contribution in [2.45, 2.75) is 30.7 Å². The molecule has 0 fully saturated rings. The summed E-state index contributed by atoms with van der Waals surface area (Å²) in [6, 6.07) is 8.43. The van der Waals surface area contributed by atoms with Crippen molar-refractivity contribution in [3.05, 3.63) is 29.8 Å². The van der Waals surface area contributed by atoms with E-state index in [1.54, 1.807) is 18.2 Å². The Labute approximate surface area is 114 Å². The average Bonchev–Trinajstić information content (AvgIpc) is 2.43. The number of rotatable bonds is 6. The molecule has 0 saturated heterocycles. The highest BCUT2D eigenvalue weighted by atomic mass is 32.2. The van der Waals surface area contributed by atoms with Crippen molar-refractivity contribution in [3.8, 4) is 6.07 Å². The summed E-state index contributed by atoms with van der Waals surface area (Å²) in [4.78, 5) is 0.217. The summed E-state index contributed by atoms with van der Waals surface area (Å²) in [5.74, 6) is 0. The van der Waals surface area contributed by atoms with Gasteiger partial charge in [0.15, 0.2) is 0 Å². The third-order valence-electron chi connectivity index (χ3n) is 2.97. The minimum Gasteiger partial charge on any atom is -0.324 e. The van der Waals surface area contributed by atoms with Gasteiger partial charge in [-0.2, -0.15) is 9.57 Å². The monoisotopic (exact) mass is 281 g/mol. The molecule has 2 N–H and O–H groups in total. The van der Waals surface area contributed by atoms with E-state index in [1.807, 2.05) is 19.1 Å². The van der Waals surface area contributed by atoms with E-state index in [-0.39, 0.29) is 23.9 Å². The van der Waals surface area contributed by atoms with Gasteiger partial charge < -0.3 is 5.73 Å². The van der Waals surface area contributed by atoms with Crippen molar-refractivity contribution in [2.24, 2.45) is 5.73 Å². The fraction of sp³-hybridized carbons (Fsp3) is 0.462. The molecule has 0 aliphatic rings. The molecule has 1 atom stereocenters. The summed E-state index contributed by atoms with van der Waals surface area (Å²) in [5.41, 5.74) is 6.71. The van der Waals surface area contributed by atoms with E-state index in [2.05, 4.69) is 0 Å². The molecule has 0 heterocycles. The lowest BCUT2D eigenvalue weighted by atomic mass is 10.1. The lowest BCUT2D eigenvalue weighted by Gasteiger charge is -2.17. The van der Waals surface area contributed by atoms with E-state index in [0.29, 0.717) is 0 Å². The van der Waals surface area contributed by atoms with Crippen LogP contribution in [-0.2, 0) is 10.0 Å². The van der Waals surface area contributed by atoms with Gasteiger partial charge in [-0.25, -0.2) is 8.42 Å². The summed E-state index contributed by atoms with van der Waals surface area (Å²) in [6.45, 7) is 2.13. The smallest absolute Gasteiger partial charge is 0.242 e. The molecule has 0 spiro atoms. The minimum absolute atomic E-state index is 0.167. The number of sulfonamides is 1. The Bertz CT molecular complexity index is 563. The number of benzene rings is 1. The molecule has 0 amide bonds. The standard InChI is InChI=1S/C13H19N3O2S/c1-3-13(15)11-6-4-7-12(10-11)19(17,18)16(2)9-5-8-14/h4,6-7,10,13H,3,5,9,15H2,1-2H3. The second-order valence-electron chi connectivity index (χ2n) is 4.32. The Hall–Kier alpha value is -1.42. The van der Waals surface area contributed by atoms with E-state index in [4.69, 9.17) is 11.0 Å². The highest BCUT2D eigenvalue weighted by Crippen LogP contribution is 2.20. The SMILES string of the molecule is CCC(N)c1cccc(S(=O)(=O)N(C)CCC#N)c1. The van der Waals surface area contributed by atoms with Gasteiger partial charge in [0.25, 0.3) is 0 Å². The van der Waals surface area contributed by atoms with Crippen LogP contribution < -0.4 is 5.73 Å². The Morgan fingerprint density at radius 3 is 2.74 bits per heavy atom. The number of nitriles is 1. The normalized spacial score (nSPS) is 13.2. The van der Waals surface area contributed by atoms with Gasteiger partial charge in [-0.05, 0) is 24.1 Å². The summed E-state index contributed by atoms with van der Waals surface area (Å²) in [7, 11) is -2.08. The fourth-order valence-electron chi connectivity index (χ4n) is 1.65. The zero-order chi connectivity index (χ0) is 14.5. The van der Waals surface area contributed by atoms with Crippen molar-refractivity contribution in [1.29, 1.82) is 5.26 Å². The molecule has 0 aliphatic heterocycles. The highest BCUT2D eigenvalue weighted by molar-refractivity contribution is 7.89. The van der Waals surface area contributed by atoms with Crippen molar-refractivity contribution in [2.75, 3.05) is 13.6 Å². The van der Waals surface area contributed by atoms with Crippen LogP contribution in [0.3, 0.4) is 0 Å². The molecule has 0 aliphatic carbocycles. The summed E-state index contributed by atoms with van der Waals surface area (Å²) < 4.78 is 25.7. The van der Waals surface area contributed by atoms with Crippen molar-refractivity contribution >= 4 is 10.0 Å². The van der Waals surface area contributed by atoms with Crippen LogP contribution in [0.4, 0.5) is 0 Å². The summed E-state index contributed by atoms with van der Waals surface area (Å²) in [6.07, 6.45) is 0.914. The maximum absolute atomic E-state index is 12.3. The molecule has 1 unspecified atom stereocenters. The van der Waals surface area contributed by atoms with Gasteiger partial charge in [0.1, 0.15) is 0 Å². The molecule has 0 saturated carbocycles. The van der Waals surface area contributed by atoms with E-state index in [1.165, 1.54) is 11.4 Å². The lowest BCUT2D eigenvalue weighted by molar-refractivity contribution is 0.476. The maximum Gasteiger partial charge on any atom is 0.242 e. The van der Waals surface area contributed by atoms with E-state index < -0.39 is 10.0 Å². The van der Waals surface area contributed by atoms with Crippen LogP contribution >= 0.6 is 0 Å². The van der Waals surface area contributed by atoms with Gasteiger partial charge in [0, 0.05) is 26.1 Å². The zero-order valence-electron chi connectivity index (χ0n) is 11.2. The second-order valence-corrected chi connectivity index (χ2v) is 6.37. The van der Waals surface area contributed by atoms with E-state index in [0.717, 1.165) is 12.0 Å². The van der Waals surface area contributed by atoms with Crippen LogP contribution in [0, 0.1) is 11.3 Å². The first kappa shape index (κ1) is 15.6. The topological polar surface area (TPSA) is 87.2 Å². The molecule has 104 valence electrons. The second kappa shape index (κ2) is 6.66. The van der Waals surface area contributed by atoms with Gasteiger partial charge in [-0.15, -0.1) is 0 Å². The molecule has 5 nitrogen and oxygen atoms in total. The van der Waals surface area contributed by atoms with Crippen molar-refractivity contribution in [1.82, 2.24) is 4.31 Å². The van der Waals surface area contributed by atoms with Gasteiger partial charge in [-0.1, -0.05) is 19.1 Å². The lowest BCUT2D eigenvalue weighted by Crippen LogP contribution is -2.28. The molecular formula is C13H19N3O2S. The van der Waals surface area contributed by atoms with Crippen LogP contribution in [0.2, 0.25) is 0 Å². The molecule has 6 heteroatoms. The third-order valence-corrected chi connectivity index (χ3v) is 4.83. The fourth-order valence-corrected chi connectivity index (χ4v) is 2.88. The van der Waals surface area contributed by atoms with Crippen molar-refractivity contribution in [3.63, 3.8) is 0 Å². The van der Waals surface area contributed by atoms with Gasteiger partial charge in [0.2, 0.25) is 10.0 Å². The van der Waals surface area contributed by atoms with Gasteiger partial charge >= 0.3 is 0 Å². The van der Waals surface area contributed by atoms with Crippen molar-refractivity contribution < 1.29 is 8.42 Å². The summed E-state index contributed by atoms with van der Waals surface area (Å²) >= 11 is 0. The largest absolute Gasteiger partial charge is 0.324 e. The first-order valence-electron chi connectivity index (χ1n) is 6.12. The molecule has 0 radical (unpaired) electrons. The molecule has 1 aromatic rings. The Morgan fingerprint density at radius 2 is 2.16 bits per heavy atom. The first-order valence-corrected chi connectivity index (χ1v) is 7.56. The van der Waals surface area contributed by atoms with Crippen LogP contribution in [0.1, 0.15) is 31.4 Å². The van der Waals surface area contributed by atoms with E-state index in [9.17, 15) is 8.42 Å². The van der Waals surface area contributed by atoms with E-state index >= 15 is 0 Å². The zero-order valence-corrected chi connectivity index (χ0v) is 12.0. The molecule has 1 rings (SSSR count). The van der Waals surface area contributed by atoms with Crippen LogP contribution in [-0.4, -0.2) is 26.3 Å². The molecule has 0 aromatic heterocycles. The third kappa shape index (κ3) is 3.77. The number of nitrogens with two attached hydrogens (primary N) is 1. The van der Waals surface area contributed by atoms with Crippen LogP contribution in [0.15, 0.2) is 29.2 Å². The Balaban J connectivity index is 3.05. The number of nitrogens with zero attached hydrogens (tertiary/aromatic N) is 2. The Morgan fingerprint density at radius 1 is 1.47 bits per heavy atom. The highest BCUT2D eigenvalue weighted by Gasteiger charge is 2.21. The number of hydrogen-bond donors (Lipinski definition) is 1. The molecular weight excluding hydrogens is 262 g/mol. The molecule has 0 bridgehead atoms. The first-order chi connectivity index (χ1) is 8.93. The van der Waals surface area contributed by atoms with Crippen LogP contribution in [0.5, 0.6) is 0 Å². The average molecular weight is 281 g/mol. The molecule has 1 aromatic carbocycles. The van der Waals surface area contributed by atoms with Gasteiger partial charge in [0.05, 0.1) is 11.0 Å². The predicted octanol–water partition coefficient (Wildman–Crippen LogP) is 1.63. The number of hydrogen-bond acceptors (Lipinski definition) is 4. The Kier molecular flexibility index (Phi) is 5.48. The van der Waals surface area contributed by atoms with Crippen LogP contribution in [0.25, 0.3) is 0 Å². The molecule has 19 heavy (non-hydrogen) atoms. The summed E-state index contributed by atoms with van der Waals surface area (Å²) in [5, 5.41) is 8.51. The minimum atomic E-state index is -3.55. The predicted molar refractivity (Wildman–Crippen MR) is 73.7 cm³/mol.